The minimum absolute atomic E-state index is 0.227. The smallest absolute Gasteiger partial charge is 0.0463 e. The summed E-state index contributed by atoms with van der Waals surface area (Å²) in [6, 6.07) is 19.8. The number of nitrogens with one attached hydrogen (secondary N) is 1. The van der Waals surface area contributed by atoms with Crippen LogP contribution in [-0.4, -0.2) is 0 Å². The molecule has 0 bridgehead atoms. The Kier molecular flexibility index (Phi) is 4.69. The van der Waals surface area contributed by atoms with Crippen LogP contribution in [0, 0.1) is 0 Å². The molecule has 21 heavy (non-hydrogen) atoms. The fourth-order valence-electron chi connectivity index (χ4n) is 3.07. The van der Waals surface area contributed by atoms with Crippen LogP contribution < -0.4 is 11.3 Å². The minimum Gasteiger partial charge on any atom is -0.271 e. The topological polar surface area (TPSA) is 38.0 Å². The van der Waals surface area contributed by atoms with Crippen molar-refractivity contribution in [3.05, 3.63) is 71.3 Å². The van der Waals surface area contributed by atoms with Crippen molar-refractivity contribution in [1.82, 2.24) is 5.43 Å². The number of hydrazine groups is 1. The second kappa shape index (κ2) is 6.88. The maximum Gasteiger partial charge on any atom is 0.0463 e. The molecule has 2 aromatic carbocycles. The molecule has 2 aromatic rings. The Hall–Kier alpha value is -1.64. The van der Waals surface area contributed by atoms with Gasteiger partial charge in [0.05, 0.1) is 0 Å². The second-order valence-electron chi connectivity index (χ2n) is 6.04. The molecule has 0 aliphatic heterocycles. The predicted octanol–water partition coefficient (Wildman–Crippen LogP) is 4.09. The average molecular weight is 280 g/mol. The van der Waals surface area contributed by atoms with Gasteiger partial charge in [-0.2, -0.15) is 0 Å². The number of rotatable bonds is 6. The standard InChI is InChI=1S/C19H24N2/c20-21-19(13-12-15-6-2-1-3-7-15)18-11-5-10-17(14-18)16-8-4-9-16/h1-3,5-7,10-11,14,16,19,21H,4,8-9,12-13,20H2. The largest absolute Gasteiger partial charge is 0.271 e. The molecule has 0 spiro atoms. The molecule has 110 valence electrons. The molecule has 1 saturated carbocycles. The van der Waals surface area contributed by atoms with E-state index in [0.29, 0.717) is 0 Å². The lowest BCUT2D eigenvalue weighted by Gasteiger charge is -2.27. The van der Waals surface area contributed by atoms with E-state index in [4.69, 9.17) is 5.84 Å². The normalized spacial score (nSPS) is 16.4. The highest BCUT2D eigenvalue weighted by atomic mass is 15.2. The van der Waals surface area contributed by atoms with Crippen LogP contribution in [0.25, 0.3) is 0 Å². The molecule has 3 rings (SSSR count). The summed E-state index contributed by atoms with van der Waals surface area (Å²) in [5, 5.41) is 0. The van der Waals surface area contributed by atoms with Crippen molar-refractivity contribution in [3.8, 4) is 0 Å². The maximum absolute atomic E-state index is 5.79. The third kappa shape index (κ3) is 3.52. The van der Waals surface area contributed by atoms with Gasteiger partial charge in [0.1, 0.15) is 0 Å². The lowest BCUT2D eigenvalue weighted by Crippen LogP contribution is -2.28. The second-order valence-corrected chi connectivity index (χ2v) is 6.04. The van der Waals surface area contributed by atoms with Gasteiger partial charge in [0.2, 0.25) is 0 Å². The lowest BCUT2D eigenvalue weighted by atomic mass is 9.79. The molecule has 2 nitrogen and oxygen atoms in total. The summed E-state index contributed by atoms with van der Waals surface area (Å²) in [5.41, 5.74) is 7.16. The van der Waals surface area contributed by atoms with Crippen molar-refractivity contribution in [2.75, 3.05) is 0 Å². The molecule has 3 N–H and O–H groups in total. The van der Waals surface area contributed by atoms with Crippen LogP contribution in [0.5, 0.6) is 0 Å². The molecule has 1 aliphatic rings. The summed E-state index contributed by atoms with van der Waals surface area (Å²) in [4.78, 5) is 0. The van der Waals surface area contributed by atoms with Crippen LogP contribution in [0.15, 0.2) is 54.6 Å². The Morgan fingerprint density at radius 1 is 1.05 bits per heavy atom. The highest BCUT2D eigenvalue weighted by Crippen LogP contribution is 2.37. The molecule has 0 radical (unpaired) electrons. The van der Waals surface area contributed by atoms with Crippen molar-refractivity contribution < 1.29 is 0 Å². The van der Waals surface area contributed by atoms with Gasteiger partial charge in [0, 0.05) is 6.04 Å². The molecule has 0 amide bonds. The summed E-state index contributed by atoms with van der Waals surface area (Å²) in [7, 11) is 0. The number of aryl methyl sites for hydroxylation is 1. The fourth-order valence-corrected chi connectivity index (χ4v) is 3.07. The van der Waals surface area contributed by atoms with Crippen LogP contribution in [-0.2, 0) is 6.42 Å². The minimum atomic E-state index is 0.227. The van der Waals surface area contributed by atoms with E-state index in [9.17, 15) is 0 Å². The molecular formula is C19H24N2. The lowest BCUT2D eigenvalue weighted by molar-refractivity contribution is 0.418. The molecule has 1 atom stereocenters. The van der Waals surface area contributed by atoms with Gasteiger partial charge in [-0.1, -0.05) is 61.0 Å². The van der Waals surface area contributed by atoms with E-state index in [1.165, 1.54) is 36.0 Å². The highest BCUT2D eigenvalue weighted by molar-refractivity contribution is 5.30. The van der Waals surface area contributed by atoms with E-state index in [1.807, 2.05) is 0 Å². The van der Waals surface area contributed by atoms with Crippen molar-refractivity contribution in [1.29, 1.82) is 0 Å². The van der Waals surface area contributed by atoms with E-state index < -0.39 is 0 Å². The molecule has 1 fully saturated rings. The number of hydrogen-bond donors (Lipinski definition) is 2. The summed E-state index contributed by atoms with van der Waals surface area (Å²) in [6.07, 6.45) is 6.13. The molecular weight excluding hydrogens is 256 g/mol. The van der Waals surface area contributed by atoms with Crippen molar-refractivity contribution in [3.63, 3.8) is 0 Å². The van der Waals surface area contributed by atoms with Crippen molar-refractivity contribution in [2.24, 2.45) is 5.84 Å². The quantitative estimate of drug-likeness (QED) is 0.618. The fraction of sp³-hybridized carbons (Fsp3) is 0.368. The summed E-state index contributed by atoms with van der Waals surface area (Å²) in [5.74, 6) is 6.57. The van der Waals surface area contributed by atoms with Gasteiger partial charge in [-0.05, 0) is 48.3 Å². The number of nitrogens with two attached hydrogens (primary N) is 1. The molecule has 0 heterocycles. The van der Waals surface area contributed by atoms with Gasteiger partial charge in [-0.3, -0.25) is 11.3 Å². The van der Waals surface area contributed by atoms with Crippen LogP contribution in [0.2, 0.25) is 0 Å². The zero-order chi connectivity index (χ0) is 14.5. The van der Waals surface area contributed by atoms with Crippen LogP contribution >= 0.6 is 0 Å². The van der Waals surface area contributed by atoms with Gasteiger partial charge in [0.15, 0.2) is 0 Å². The Morgan fingerprint density at radius 2 is 1.86 bits per heavy atom. The molecule has 1 aliphatic carbocycles. The predicted molar refractivity (Wildman–Crippen MR) is 87.9 cm³/mol. The Morgan fingerprint density at radius 3 is 2.52 bits per heavy atom. The van der Waals surface area contributed by atoms with E-state index in [-0.39, 0.29) is 6.04 Å². The zero-order valence-corrected chi connectivity index (χ0v) is 12.5. The molecule has 0 saturated heterocycles. The Labute approximate surface area is 127 Å². The number of hydrogen-bond acceptors (Lipinski definition) is 2. The van der Waals surface area contributed by atoms with Gasteiger partial charge in [0.25, 0.3) is 0 Å². The highest BCUT2D eigenvalue weighted by Gasteiger charge is 2.20. The van der Waals surface area contributed by atoms with Crippen LogP contribution in [0.4, 0.5) is 0 Å². The van der Waals surface area contributed by atoms with E-state index in [1.54, 1.807) is 0 Å². The summed E-state index contributed by atoms with van der Waals surface area (Å²) < 4.78 is 0. The summed E-state index contributed by atoms with van der Waals surface area (Å²) >= 11 is 0. The van der Waals surface area contributed by atoms with Gasteiger partial charge in [-0.15, -0.1) is 0 Å². The molecule has 0 aromatic heterocycles. The van der Waals surface area contributed by atoms with Gasteiger partial charge in [-0.25, -0.2) is 0 Å². The third-order valence-electron chi connectivity index (χ3n) is 4.66. The monoisotopic (exact) mass is 280 g/mol. The van der Waals surface area contributed by atoms with Crippen LogP contribution in [0.3, 0.4) is 0 Å². The number of benzene rings is 2. The Bertz CT molecular complexity index is 561. The zero-order valence-electron chi connectivity index (χ0n) is 12.5. The van der Waals surface area contributed by atoms with Crippen molar-refractivity contribution in [2.45, 2.75) is 44.1 Å². The Balaban J connectivity index is 1.67. The average Bonchev–Trinajstić information content (AvgIpc) is 2.48. The van der Waals surface area contributed by atoms with Crippen molar-refractivity contribution >= 4 is 0 Å². The van der Waals surface area contributed by atoms with E-state index in [0.717, 1.165) is 18.8 Å². The SMILES string of the molecule is NNC(CCc1ccccc1)c1cccc(C2CCC2)c1. The molecule has 1 unspecified atom stereocenters. The third-order valence-corrected chi connectivity index (χ3v) is 4.66. The maximum atomic E-state index is 5.79. The first-order valence-electron chi connectivity index (χ1n) is 7.97. The first kappa shape index (κ1) is 14.3. The van der Waals surface area contributed by atoms with E-state index in [2.05, 4.69) is 60.0 Å². The molecule has 2 heteroatoms. The first-order chi connectivity index (χ1) is 10.4. The van der Waals surface area contributed by atoms with Gasteiger partial charge >= 0.3 is 0 Å². The van der Waals surface area contributed by atoms with Crippen LogP contribution in [0.1, 0.15) is 54.3 Å². The van der Waals surface area contributed by atoms with Gasteiger partial charge < -0.3 is 0 Å². The summed E-state index contributed by atoms with van der Waals surface area (Å²) in [6.45, 7) is 0. The first-order valence-corrected chi connectivity index (χ1v) is 7.97. The van der Waals surface area contributed by atoms with E-state index >= 15 is 0 Å².